The Morgan fingerprint density at radius 1 is 1.00 bits per heavy atom. The van der Waals surface area contributed by atoms with Gasteiger partial charge in [-0.15, -0.1) is 0 Å². The van der Waals surface area contributed by atoms with Crippen LogP contribution in [0.3, 0.4) is 0 Å². The highest BCUT2D eigenvalue weighted by Gasteiger charge is 2.41. The molecule has 0 bridgehead atoms. The Labute approximate surface area is 122 Å². The molecule has 2 aliphatic heterocycles. The monoisotopic (exact) mass is 280 g/mol. The number of hydrogen-bond donors (Lipinski definition) is 0. The minimum atomic E-state index is 0.126. The number of hydrogen-bond acceptors (Lipinski definition) is 3. The summed E-state index contributed by atoms with van der Waals surface area (Å²) in [5.41, 5.74) is 0. The molecule has 2 heterocycles. The summed E-state index contributed by atoms with van der Waals surface area (Å²) in [5, 5.41) is 0. The van der Waals surface area contributed by atoms with Gasteiger partial charge in [0.25, 0.3) is 0 Å². The molecule has 1 unspecified atom stereocenters. The van der Waals surface area contributed by atoms with Crippen molar-refractivity contribution in [2.24, 2.45) is 0 Å². The van der Waals surface area contributed by atoms with Crippen molar-refractivity contribution in [3.05, 3.63) is 0 Å². The second-order valence-corrected chi connectivity index (χ2v) is 6.67. The lowest BCUT2D eigenvalue weighted by atomic mass is 10.0. The molecule has 0 radical (unpaired) electrons. The van der Waals surface area contributed by atoms with Crippen molar-refractivity contribution in [1.82, 2.24) is 9.80 Å². The first kappa shape index (κ1) is 14.3. The SMILES string of the molecule is CN1CCCCCC1C(=O)N(C1CCOCC1)C1CC1. The van der Waals surface area contributed by atoms with E-state index in [4.69, 9.17) is 4.74 Å². The summed E-state index contributed by atoms with van der Waals surface area (Å²) in [7, 11) is 2.13. The predicted molar refractivity (Wildman–Crippen MR) is 78.6 cm³/mol. The summed E-state index contributed by atoms with van der Waals surface area (Å²) >= 11 is 0. The quantitative estimate of drug-likeness (QED) is 0.793. The van der Waals surface area contributed by atoms with E-state index in [-0.39, 0.29) is 6.04 Å². The van der Waals surface area contributed by atoms with Crippen LogP contribution in [0, 0.1) is 0 Å². The van der Waals surface area contributed by atoms with Crippen molar-refractivity contribution in [3.8, 4) is 0 Å². The van der Waals surface area contributed by atoms with Gasteiger partial charge in [0, 0.05) is 25.3 Å². The third-order valence-electron chi connectivity index (χ3n) is 5.08. The highest BCUT2D eigenvalue weighted by Crippen LogP contribution is 2.33. The number of nitrogens with zero attached hydrogens (tertiary/aromatic N) is 2. The minimum absolute atomic E-state index is 0.126. The molecular weight excluding hydrogens is 252 g/mol. The number of rotatable bonds is 3. The van der Waals surface area contributed by atoms with Gasteiger partial charge in [-0.1, -0.05) is 12.8 Å². The molecule has 3 fully saturated rings. The van der Waals surface area contributed by atoms with Gasteiger partial charge in [0.15, 0.2) is 0 Å². The summed E-state index contributed by atoms with van der Waals surface area (Å²) in [6.45, 7) is 2.71. The summed E-state index contributed by atoms with van der Waals surface area (Å²) in [5.74, 6) is 0.406. The Balaban J connectivity index is 1.70. The van der Waals surface area contributed by atoms with Crippen LogP contribution >= 0.6 is 0 Å². The van der Waals surface area contributed by atoms with Crippen LogP contribution in [0.4, 0.5) is 0 Å². The molecule has 1 atom stereocenters. The first-order valence-electron chi connectivity index (χ1n) is 8.37. The molecule has 3 rings (SSSR count). The zero-order valence-electron chi connectivity index (χ0n) is 12.7. The highest BCUT2D eigenvalue weighted by molar-refractivity contribution is 5.83. The van der Waals surface area contributed by atoms with Gasteiger partial charge in [0.2, 0.25) is 5.91 Å². The average Bonchev–Trinajstić information content (AvgIpc) is 3.28. The molecule has 114 valence electrons. The molecular formula is C16H28N2O2. The molecule has 0 aromatic rings. The standard InChI is InChI=1S/C16H28N2O2/c1-17-10-4-2-3-5-15(17)16(19)18(13-6-7-13)14-8-11-20-12-9-14/h13-15H,2-12H2,1H3. The Morgan fingerprint density at radius 2 is 1.70 bits per heavy atom. The molecule has 0 spiro atoms. The zero-order valence-corrected chi connectivity index (χ0v) is 12.7. The maximum Gasteiger partial charge on any atom is 0.240 e. The maximum atomic E-state index is 13.1. The van der Waals surface area contributed by atoms with Gasteiger partial charge in [0.1, 0.15) is 0 Å². The average molecular weight is 280 g/mol. The first-order valence-corrected chi connectivity index (χ1v) is 8.37. The molecule has 2 saturated heterocycles. The van der Waals surface area contributed by atoms with E-state index in [2.05, 4.69) is 16.8 Å². The molecule has 20 heavy (non-hydrogen) atoms. The van der Waals surface area contributed by atoms with E-state index in [0.717, 1.165) is 39.0 Å². The number of likely N-dealkylation sites (tertiary alicyclic amines) is 1. The number of carbonyl (C=O) groups is 1. The van der Waals surface area contributed by atoms with Gasteiger partial charge < -0.3 is 9.64 Å². The van der Waals surface area contributed by atoms with Crippen molar-refractivity contribution < 1.29 is 9.53 Å². The Kier molecular flexibility index (Phi) is 4.61. The van der Waals surface area contributed by atoms with Crippen LogP contribution in [0.1, 0.15) is 51.4 Å². The second kappa shape index (κ2) is 6.44. The van der Waals surface area contributed by atoms with Gasteiger partial charge in [0.05, 0.1) is 6.04 Å². The molecule has 4 heteroatoms. The van der Waals surface area contributed by atoms with E-state index >= 15 is 0 Å². The number of ether oxygens (including phenoxy) is 1. The molecule has 4 nitrogen and oxygen atoms in total. The van der Waals surface area contributed by atoms with E-state index < -0.39 is 0 Å². The van der Waals surface area contributed by atoms with Gasteiger partial charge in [-0.3, -0.25) is 9.69 Å². The Morgan fingerprint density at radius 3 is 2.40 bits per heavy atom. The topological polar surface area (TPSA) is 32.8 Å². The normalized spacial score (nSPS) is 29.9. The maximum absolute atomic E-state index is 13.1. The summed E-state index contributed by atoms with van der Waals surface area (Å²) in [6, 6.07) is 1.09. The van der Waals surface area contributed by atoms with Gasteiger partial charge in [-0.2, -0.15) is 0 Å². The first-order chi connectivity index (χ1) is 9.77. The van der Waals surface area contributed by atoms with Gasteiger partial charge >= 0.3 is 0 Å². The smallest absolute Gasteiger partial charge is 0.240 e. The Hall–Kier alpha value is -0.610. The lowest BCUT2D eigenvalue weighted by Crippen LogP contribution is -2.52. The van der Waals surface area contributed by atoms with Crippen LogP contribution in [0.2, 0.25) is 0 Å². The van der Waals surface area contributed by atoms with E-state index in [1.807, 2.05) is 0 Å². The fourth-order valence-corrected chi connectivity index (χ4v) is 3.71. The Bertz CT molecular complexity index is 337. The van der Waals surface area contributed by atoms with E-state index in [0.29, 0.717) is 18.0 Å². The van der Waals surface area contributed by atoms with Crippen molar-refractivity contribution in [1.29, 1.82) is 0 Å². The molecule has 1 aliphatic carbocycles. The van der Waals surface area contributed by atoms with E-state index in [9.17, 15) is 4.79 Å². The van der Waals surface area contributed by atoms with E-state index in [1.165, 1.54) is 32.1 Å². The van der Waals surface area contributed by atoms with Crippen LogP contribution in [0.15, 0.2) is 0 Å². The van der Waals surface area contributed by atoms with Crippen LogP contribution in [0.25, 0.3) is 0 Å². The third kappa shape index (κ3) is 3.17. The fourth-order valence-electron chi connectivity index (χ4n) is 3.71. The largest absolute Gasteiger partial charge is 0.381 e. The number of likely N-dealkylation sites (N-methyl/N-ethyl adjacent to an activating group) is 1. The van der Waals surface area contributed by atoms with Gasteiger partial charge in [-0.05, 0) is 52.1 Å². The molecule has 0 aromatic heterocycles. The second-order valence-electron chi connectivity index (χ2n) is 6.67. The molecule has 0 aromatic carbocycles. The van der Waals surface area contributed by atoms with Crippen molar-refractivity contribution >= 4 is 5.91 Å². The van der Waals surface area contributed by atoms with Crippen molar-refractivity contribution in [2.75, 3.05) is 26.8 Å². The van der Waals surface area contributed by atoms with Crippen LogP contribution in [-0.4, -0.2) is 60.6 Å². The third-order valence-corrected chi connectivity index (χ3v) is 5.08. The molecule has 1 amide bonds. The summed E-state index contributed by atoms with van der Waals surface area (Å²) < 4.78 is 5.47. The van der Waals surface area contributed by atoms with Crippen LogP contribution < -0.4 is 0 Å². The molecule has 3 aliphatic rings. The van der Waals surface area contributed by atoms with Crippen molar-refractivity contribution in [3.63, 3.8) is 0 Å². The van der Waals surface area contributed by atoms with Crippen LogP contribution in [0.5, 0.6) is 0 Å². The fraction of sp³-hybridized carbons (Fsp3) is 0.938. The van der Waals surface area contributed by atoms with Gasteiger partial charge in [-0.25, -0.2) is 0 Å². The number of amides is 1. The number of carbonyl (C=O) groups excluding carboxylic acids is 1. The summed E-state index contributed by atoms with van der Waals surface area (Å²) in [4.78, 5) is 17.6. The lowest BCUT2D eigenvalue weighted by Gasteiger charge is -2.38. The molecule has 0 N–H and O–H groups in total. The molecule has 1 saturated carbocycles. The predicted octanol–water partition coefficient (Wildman–Crippen LogP) is 2.03. The van der Waals surface area contributed by atoms with E-state index in [1.54, 1.807) is 0 Å². The highest BCUT2D eigenvalue weighted by atomic mass is 16.5. The summed E-state index contributed by atoms with van der Waals surface area (Å²) in [6.07, 6.45) is 9.22. The van der Waals surface area contributed by atoms with Crippen molar-refractivity contribution in [2.45, 2.75) is 69.5 Å². The minimum Gasteiger partial charge on any atom is -0.381 e. The van der Waals surface area contributed by atoms with Crippen LogP contribution in [-0.2, 0) is 9.53 Å². The zero-order chi connectivity index (χ0) is 13.9. The lowest BCUT2D eigenvalue weighted by molar-refractivity contribution is -0.141.